The van der Waals surface area contributed by atoms with E-state index < -0.39 is 41.9 Å². The van der Waals surface area contributed by atoms with Gasteiger partial charge < -0.3 is 29.6 Å². The van der Waals surface area contributed by atoms with E-state index in [1.54, 1.807) is 36.4 Å². The second kappa shape index (κ2) is 14.1. The van der Waals surface area contributed by atoms with Crippen LogP contribution in [0.4, 0.5) is 5.69 Å². The molecule has 0 radical (unpaired) electrons. The van der Waals surface area contributed by atoms with Gasteiger partial charge in [0.1, 0.15) is 11.5 Å². The lowest BCUT2D eigenvalue weighted by molar-refractivity contribution is -0.173. The molecule has 0 bridgehead atoms. The molecule has 2 amide bonds. The van der Waals surface area contributed by atoms with Gasteiger partial charge in [0.15, 0.2) is 0 Å². The Bertz CT molecular complexity index is 1050. The third-order valence-corrected chi connectivity index (χ3v) is 4.56. The second-order valence-corrected chi connectivity index (χ2v) is 7.46. The third-order valence-electron chi connectivity index (χ3n) is 4.56. The zero-order valence-electron chi connectivity index (χ0n) is 20.1. The second-order valence-electron chi connectivity index (χ2n) is 7.46. The molecule has 0 aliphatic rings. The summed E-state index contributed by atoms with van der Waals surface area (Å²) in [6, 6.07) is 15.4. The van der Waals surface area contributed by atoms with Gasteiger partial charge in [-0.3, -0.25) is 24.0 Å². The van der Waals surface area contributed by atoms with Gasteiger partial charge >= 0.3 is 17.9 Å². The van der Waals surface area contributed by atoms with E-state index in [0.29, 0.717) is 17.2 Å². The van der Waals surface area contributed by atoms with E-state index in [1.165, 1.54) is 7.11 Å². The maximum atomic E-state index is 13.0. The fourth-order valence-electron chi connectivity index (χ4n) is 2.95. The van der Waals surface area contributed by atoms with Crippen molar-refractivity contribution in [3.63, 3.8) is 0 Å². The highest BCUT2D eigenvalue weighted by Gasteiger charge is 2.39. The molecule has 0 heterocycles. The number of anilines is 1. The molecule has 0 saturated carbocycles. The number of esters is 3. The van der Waals surface area contributed by atoms with E-state index >= 15 is 0 Å². The minimum atomic E-state index is -1.77. The van der Waals surface area contributed by atoms with E-state index in [1.807, 2.05) is 18.2 Å². The maximum Gasteiger partial charge on any atom is 0.305 e. The lowest BCUT2D eigenvalue weighted by Gasteiger charge is -2.24. The summed E-state index contributed by atoms with van der Waals surface area (Å²) in [5, 5.41) is 4.99. The van der Waals surface area contributed by atoms with Gasteiger partial charge in [0.05, 0.1) is 7.11 Å². The van der Waals surface area contributed by atoms with Gasteiger partial charge in [0, 0.05) is 32.5 Å². The van der Waals surface area contributed by atoms with Crippen LogP contribution in [0.5, 0.6) is 11.5 Å². The zero-order valence-corrected chi connectivity index (χ0v) is 20.1. The molecular weight excluding hydrogens is 472 g/mol. The molecule has 2 aromatic rings. The molecule has 2 unspecified atom stereocenters. The van der Waals surface area contributed by atoms with Crippen LogP contribution in [0, 0.1) is 0 Å². The van der Waals surface area contributed by atoms with Gasteiger partial charge in [-0.25, -0.2) is 0 Å². The topological polar surface area (TPSA) is 146 Å². The van der Waals surface area contributed by atoms with Crippen LogP contribution in [0.1, 0.15) is 26.7 Å². The Balaban J connectivity index is 2.10. The molecule has 2 N–H and O–H groups in total. The largest absolute Gasteiger partial charge is 0.469 e. The third kappa shape index (κ3) is 9.45. The normalized spacial score (nSPS) is 11.9. The monoisotopic (exact) mass is 500 g/mol. The lowest BCUT2D eigenvalue weighted by atomic mass is 10.1. The highest BCUT2D eigenvalue weighted by atomic mass is 16.6. The first-order valence-electron chi connectivity index (χ1n) is 11.0. The summed E-state index contributed by atoms with van der Waals surface area (Å²) in [7, 11) is 1.24. The Kier molecular flexibility index (Phi) is 10.9. The molecule has 11 nitrogen and oxygen atoms in total. The maximum absolute atomic E-state index is 13.0. The molecule has 0 aliphatic heterocycles. The van der Waals surface area contributed by atoms with Crippen molar-refractivity contribution >= 4 is 35.4 Å². The quantitative estimate of drug-likeness (QED) is 0.255. The van der Waals surface area contributed by atoms with E-state index in [-0.39, 0.29) is 19.4 Å². The smallest absolute Gasteiger partial charge is 0.305 e. The summed E-state index contributed by atoms with van der Waals surface area (Å²) in [4.78, 5) is 60.2. The van der Waals surface area contributed by atoms with Crippen molar-refractivity contribution in [2.75, 3.05) is 19.0 Å². The van der Waals surface area contributed by atoms with Crippen LogP contribution in [-0.4, -0.2) is 55.6 Å². The van der Waals surface area contributed by atoms with Crippen molar-refractivity contribution in [1.29, 1.82) is 0 Å². The average Bonchev–Trinajstić information content (AvgIpc) is 2.85. The molecule has 0 saturated heterocycles. The average molecular weight is 501 g/mol. The van der Waals surface area contributed by atoms with Gasteiger partial charge in [0.25, 0.3) is 11.8 Å². The molecule has 0 spiro atoms. The SMILES string of the molecule is COC(=O)CCCNC(=O)C(OC(C)=O)C(OC(C)=O)C(=O)Nc1ccc(Oc2ccccc2)cc1. The van der Waals surface area contributed by atoms with Gasteiger partial charge in [-0.1, -0.05) is 18.2 Å². The first kappa shape index (κ1) is 27.8. The Hall–Kier alpha value is -4.41. The zero-order chi connectivity index (χ0) is 26.5. The number of rotatable bonds is 12. The number of hydrogen-bond donors (Lipinski definition) is 2. The van der Waals surface area contributed by atoms with Gasteiger partial charge in [-0.15, -0.1) is 0 Å². The molecule has 2 aromatic carbocycles. The van der Waals surface area contributed by atoms with Crippen LogP contribution in [0.25, 0.3) is 0 Å². The summed E-state index contributed by atoms with van der Waals surface area (Å²) in [5.41, 5.74) is 0.317. The van der Waals surface area contributed by atoms with Gasteiger partial charge in [-0.2, -0.15) is 0 Å². The summed E-state index contributed by atoms with van der Waals surface area (Å²) < 4.78 is 20.3. The molecule has 2 atom stereocenters. The van der Waals surface area contributed by atoms with E-state index in [2.05, 4.69) is 15.4 Å². The van der Waals surface area contributed by atoms with Crippen LogP contribution in [-0.2, 0) is 38.2 Å². The molecule has 0 fully saturated rings. The highest BCUT2D eigenvalue weighted by molar-refractivity contribution is 6.00. The first-order chi connectivity index (χ1) is 17.2. The lowest BCUT2D eigenvalue weighted by Crippen LogP contribution is -2.51. The van der Waals surface area contributed by atoms with Crippen LogP contribution < -0.4 is 15.4 Å². The van der Waals surface area contributed by atoms with E-state index in [9.17, 15) is 24.0 Å². The molecule has 36 heavy (non-hydrogen) atoms. The molecule has 0 aliphatic carbocycles. The predicted octanol–water partition coefficient (Wildman–Crippen LogP) is 2.35. The predicted molar refractivity (Wildman–Crippen MR) is 127 cm³/mol. The number of benzene rings is 2. The van der Waals surface area contributed by atoms with Crippen LogP contribution in [0.15, 0.2) is 54.6 Å². The first-order valence-corrected chi connectivity index (χ1v) is 11.0. The van der Waals surface area contributed by atoms with Crippen molar-refractivity contribution < 1.29 is 42.9 Å². The van der Waals surface area contributed by atoms with Gasteiger partial charge in [-0.05, 0) is 42.8 Å². The van der Waals surface area contributed by atoms with Crippen molar-refractivity contribution in [2.45, 2.75) is 38.9 Å². The molecular formula is C25H28N2O9. The molecule has 0 aromatic heterocycles. The number of hydrogen-bond acceptors (Lipinski definition) is 9. The molecule has 192 valence electrons. The Morgan fingerprint density at radius 2 is 1.33 bits per heavy atom. The summed E-state index contributed by atoms with van der Waals surface area (Å²) in [5.74, 6) is -2.81. The molecule has 11 heteroatoms. The summed E-state index contributed by atoms with van der Waals surface area (Å²) in [6.07, 6.45) is -3.24. The number of ether oxygens (including phenoxy) is 4. The number of amides is 2. The fourth-order valence-corrected chi connectivity index (χ4v) is 2.95. The Morgan fingerprint density at radius 1 is 0.778 bits per heavy atom. The minimum Gasteiger partial charge on any atom is -0.469 e. The standard InChI is InChI=1S/C25H28N2O9/c1-16(28)34-22(24(31)26-15-7-10-21(30)33-3)23(35-17(2)29)25(32)27-18-11-13-20(14-12-18)36-19-8-5-4-6-9-19/h4-6,8-9,11-14,22-23H,7,10,15H2,1-3H3,(H,26,31)(H,27,32). The van der Waals surface area contributed by atoms with Crippen molar-refractivity contribution in [1.82, 2.24) is 5.32 Å². The number of carbonyl (C=O) groups is 5. The highest BCUT2D eigenvalue weighted by Crippen LogP contribution is 2.23. The number of para-hydroxylation sites is 1. The summed E-state index contributed by atoms with van der Waals surface area (Å²) >= 11 is 0. The Morgan fingerprint density at radius 3 is 1.89 bits per heavy atom. The number of carbonyl (C=O) groups excluding carboxylic acids is 5. The van der Waals surface area contributed by atoms with Crippen LogP contribution >= 0.6 is 0 Å². The van der Waals surface area contributed by atoms with Crippen molar-refractivity contribution in [3.05, 3.63) is 54.6 Å². The minimum absolute atomic E-state index is 0.0307. The summed E-state index contributed by atoms with van der Waals surface area (Å²) in [6.45, 7) is 2.13. The number of methoxy groups -OCH3 is 1. The van der Waals surface area contributed by atoms with Crippen molar-refractivity contribution in [3.8, 4) is 11.5 Å². The van der Waals surface area contributed by atoms with E-state index in [0.717, 1.165) is 13.8 Å². The van der Waals surface area contributed by atoms with Crippen LogP contribution in [0.3, 0.4) is 0 Å². The van der Waals surface area contributed by atoms with E-state index in [4.69, 9.17) is 14.2 Å². The van der Waals surface area contributed by atoms with Crippen LogP contribution in [0.2, 0.25) is 0 Å². The van der Waals surface area contributed by atoms with Crippen molar-refractivity contribution in [2.24, 2.45) is 0 Å². The number of nitrogens with one attached hydrogen (secondary N) is 2. The fraction of sp³-hybridized carbons (Fsp3) is 0.320. The Labute approximate surface area is 208 Å². The van der Waals surface area contributed by atoms with Gasteiger partial charge in [0.2, 0.25) is 12.2 Å². The molecule has 2 rings (SSSR count).